The van der Waals surface area contributed by atoms with Crippen molar-refractivity contribution in [3.63, 3.8) is 0 Å². The van der Waals surface area contributed by atoms with E-state index in [1.165, 1.54) is 231 Å². The minimum atomic E-state index is -4.96. The van der Waals surface area contributed by atoms with Gasteiger partial charge in [-0.15, -0.1) is 0 Å². The first kappa shape index (κ1) is 94.1. The van der Waals surface area contributed by atoms with E-state index < -0.39 is 97.5 Å². The van der Waals surface area contributed by atoms with Crippen LogP contribution in [0, 0.1) is 5.92 Å². The average molecular weight is 1410 g/mol. The van der Waals surface area contributed by atoms with Crippen LogP contribution in [0.25, 0.3) is 0 Å². The molecule has 0 radical (unpaired) electrons. The molecule has 0 saturated carbocycles. The lowest BCUT2D eigenvalue weighted by Crippen LogP contribution is -2.30. The maximum absolute atomic E-state index is 13.1. The van der Waals surface area contributed by atoms with E-state index in [0.29, 0.717) is 25.7 Å². The number of ether oxygens (including phenoxy) is 4. The second-order valence-corrected chi connectivity index (χ2v) is 31.1. The number of hydrogen-bond acceptors (Lipinski definition) is 15. The zero-order valence-corrected chi connectivity index (χ0v) is 64.3. The second-order valence-electron chi connectivity index (χ2n) is 28.2. The lowest BCUT2D eigenvalue weighted by atomic mass is 10.0. The molecule has 5 atom stereocenters. The molecule has 0 aromatic heterocycles. The standard InChI is InChI=1S/C77H150O17P2/c1-6-9-12-15-18-21-24-26-27-28-29-30-31-33-37-43-48-53-58-63-77(82)94-73(67-88-75(80)61-56-51-46-41-38-34-35-39-44-49-54-59-70(4)5)69-92-96(85,86)90-65-71(78)64-89-95(83,84)91-68-72(66-87-74(79)60-55-50-45-40-23-20-17-14-11-8-3)93-76(81)62-57-52-47-42-36-32-25-22-19-16-13-10-7-2/h70-73,78H,6-69H2,1-5H3,(H,83,84)(H,85,86)/t71-,72+,73+/m0/s1. The molecule has 0 aliphatic rings. The van der Waals surface area contributed by atoms with E-state index in [9.17, 15) is 43.2 Å². The quantitative estimate of drug-likeness (QED) is 0.0222. The number of hydrogen-bond donors (Lipinski definition) is 3. The highest BCUT2D eigenvalue weighted by atomic mass is 31.2. The SMILES string of the molecule is CCCCCCCCCCCCCCCCCCCCCC(=O)O[C@H](COC(=O)CCCCCCCCCCCCCC(C)C)COP(=O)(O)OC[C@@H](O)COP(=O)(O)OC[C@@H](COC(=O)CCCCCCCCCCCC)OC(=O)CCCCCCCCCCCCCCC. The van der Waals surface area contributed by atoms with Crippen LogP contribution >= 0.6 is 15.6 Å². The topological polar surface area (TPSA) is 237 Å². The molecule has 0 aliphatic heterocycles. The molecule has 0 aromatic carbocycles. The van der Waals surface area contributed by atoms with Crippen molar-refractivity contribution in [1.29, 1.82) is 0 Å². The molecular formula is C77H150O17P2. The van der Waals surface area contributed by atoms with Gasteiger partial charge in [-0.3, -0.25) is 37.3 Å². The molecule has 570 valence electrons. The van der Waals surface area contributed by atoms with Crippen molar-refractivity contribution in [2.24, 2.45) is 5.92 Å². The summed E-state index contributed by atoms with van der Waals surface area (Å²) in [7, 11) is -9.91. The van der Waals surface area contributed by atoms with Gasteiger partial charge in [0.15, 0.2) is 12.2 Å². The summed E-state index contributed by atoms with van der Waals surface area (Å²) in [4.78, 5) is 72.8. The number of unbranched alkanes of at least 4 members (excludes halogenated alkanes) is 49. The number of carbonyl (C=O) groups excluding carboxylic acids is 4. The summed E-state index contributed by atoms with van der Waals surface area (Å²) in [5.74, 6) is -1.34. The number of rotatable bonds is 77. The van der Waals surface area contributed by atoms with E-state index >= 15 is 0 Å². The van der Waals surface area contributed by atoms with Crippen molar-refractivity contribution in [2.75, 3.05) is 39.6 Å². The highest BCUT2D eigenvalue weighted by molar-refractivity contribution is 7.47. The molecule has 3 N–H and O–H groups in total. The van der Waals surface area contributed by atoms with Crippen LogP contribution in [0.1, 0.15) is 407 Å². The zero-order valence-electron chi connectivity index (χ0n) is 62.5. The van der Waals surface area contributed by atoms with Gasteiger partial charge in [0, 0.05) is 25.7 Å². The maximum Gasteiger partial charge on any atom is 0.472 e. The number of aliphatic hydroxyl groups is 1. The molecule has 0 amide bonds. The van der Waals surface area contributed by atoms with Crippen LogP contribution in [0.15, 0.2) is 0 Å². The average Bonchev–Trinajstić information content (AvgIpc) is 1.12. The summed E-state index contributed by atoms with van der Waals surface area (Å²) in [6.07, 6.45) is 59.5. The van der Waals surface area contributed by atoms with Crippen LogP contribution in [-0.2, 0) is 65.4 Å². The largest absolute Gasteiger partial charge is 0.472 e. The van der Waals surface area contributed by atoms with Gasteiger partial charge < -0.3 is 33.8 Å². The Kier molecular flexibility index (Phi) is 68.7. The molecule has 0 fully saturated rings. The minimum absolute atomic E-state index is 0.108. The van der Waals surface area contributed by atoms with Gasteiger partial charge in [-0.25, -0.2) is 9.13 Å². The van der Waals surface area contributed by atoms with Crippen molar-refractivity contribution >= 4 is 39.5 Å². The molecule has 96 heavy (non-hydrogen) atoms. The van der Waals surface area contributed by atoms with Crippen molar-refractivity contribution in [1.82, 2.24) is 0 Å². The minimum Gasteiger partial charge on any atom is -0.462 e. The van der Waals surface area contributed by atoms with Crippen molar-refractivity contribution < 1.29 is 80.2 Å². The van der Waals surface area contributed by atoms with Crippen molar-refractivity contribution in [3.05, 3.63) is 0 Å². The number of esters is 4. The predicted octanol–water partition coefficient (Wildman–Crippen LogP) is 22.9. The first-order valence-corrected chi connectivity index (χ1v) is 43.1. The molecule has 2 unspecified atom stereocenters. The second kappa shape index (κ2) is 70.1. The molecule has 17 nitrogen and oxygen atoms in total. The Hall–Kier alpha value is -1.94. The first-order valence-electron chi connectivity index (χ1n) is 40.1. The molecule has 0 spiro atoms. The Morgan fingerprint density at radius 3 is 0.708 bits per heavy atom. The summed E-state index contributed by atoms with van der Waals surface area (Å²) in [5, 5.41) is 10.6. The Balaban J connectivity index is 5.23. The van der Waals surface area contributed by atoms with E-state index in [2.05, 4.69) is 34.6 Å². The van der Waals surface area contributed by atoms with E-state index in [-0.39, 0.29) is 25.7 Å². The van der Waals surface area contributed by atoms with Crippen LogP contribution in [0.5, 0.6) is 0 Å². The van der Waals surface area contributed by atoms with E-state index in [0.717, 1.165) is 95.8 Å². The highest BCUT2D eigenvalue weighted by Crippen LogP contribution is 2.45. The maximum atomic E-state index is 13.1. The van der Waals surface area contributed by atoms with Crippen molar-refractivity contribution in [3.8, 4) is 0 Å². The van der Waals surface area contributed by atoms with Crippen LogP contribution in [0.4, 0.5) is 0 Å². The fourth-order valence-corrected chi connectivity index (χ4v) is 13.5. The molecule has 0 bridgehead atoms. The fourth-order valence-electron chi connectivity index (χ4n) is 11.9. The molecule has 19 heteroatoms. The Morgan fingerprint density at radius 2 is 0.479 bits per heavy atom. The van der Waals surface area contributed by atoms with Crippen LogP contribution in [0.3, 0.4) is 0 Å². The van der Waals surface area contributed by atoms with Gasteiger partial charge in [-0.05, 0) is 31.6 Å². The Bertz CT molecular complexity index is 1840. The lowest BCUT2D eigenvalue weighted by Gasteiger charge is -2.21. The Morgan fingerprint density at radius 1 is 0.281 bits per heavy atom. The normalized spacial score (nSPS) is 13.9. The number of phosphoric ester groups is 2. The van der Waals surface area contributed by atoms with Crippen LogP contribution in [-0.4, -0.2) is 96.7 Å². The molecule has 0 aliphatic carbocycles. The smallest absolute Gasteiger partial charge is 0.462 e. The summed E-state index contributed by atoms with van der Waals surface area (Å²) < 4.78 is 68.6. The van der Waals surface area contributed by atoms with Crippen molar-refractivity contribution in [2.45, 2.75) is 425 Å². The summed E-state index contributed by atoms with van der Waals surface area (Å²) in [5.41, 5.74) is 0. The number of aliphatic hydroxyl groups excluding tert-OH is 1. The van der Waals surface area contributed by atoms with E-state index in [1.54, 1.807) is 0 Å². The number of phosphoric acid groups is 2. The van der Waals surface area contributed by atoms with E-state index in [1.807, 2.05) is 0 Å². The first-order chi connectivity index (χ1) is 46.5. The molecule has 0 heterocycles. The third kappa shape index (κ3) is 70.5. The molecular weight excluding hydrogens is 1260 g/mol. The molecule has 0 aromatic rings. The summed E-state index contributed by atoms with van der Waals surface area (Å²) >= 11 is 0. The molecule has 0 saturated heterocycles. The molecule has 0 rings (SSSR count). The van der Waals surface area contributed by atoms with Gasteiger partial charge in [0.2, 0.25) is 0 Å². The van der Waals surface area contributed by atoms with Gasteiger partial charge in [-0.1, -0.05) is 356 Å². The third-order valence-corrected chi connectivity index (χ3v) is 19.9. The van der Waals surface area contributed by atoms with Crippen LogP contribution in [0.2, 0.25) is 0 Å². The van der Waals surface area contributed by atoms with Crippen LogP contribution < -0.4 is 0 Å². The monoisotopic (exact) mass is 1410 g/mol. The predicted molar refractivity (Wildman–Crippen MR) is 391 cm³/mol. The van der Waals surface area contributed by atoms with Gasteiger partial charge in [0.05, 0.1) is 26.4 Å². The van der Waals surface area contributed by atoms with Gasteiger partial charge in [-0.2, -0.15) is 0 Å². The summed E-state index contributed by atoms with van der Waals surface area (Å²) in [6.45, 7) is 7.30. The van der Waals surface area contributed by atoms with Gasteiger partial charge in [0.25, 0.3) is 0 Å². The third-order valence-electron chi connectivity index (χ3n) is 18.0. The van der Waals surface area contributed by atoms with Gasteiger partial charge >= 0.3 is 39.5 Å². The van der Waals surface area contributed by atoms with Gasteiger partial charge in [0.1, 0.15) is 19.3 Å². The zero-order chi connectivity index (χ0) is 70.5. The van der Waals surface area contributed by atoms with E-state index in [4.69, 9.17) is 37.0 Å². The lowest BCUT2D eigenvalue weighted by molar-refractivity contribution is -0.161. The number of carbonyl (C=O) groups is 4. The highest BCUT2D eigenvalue weighted by Gasteiger charge is 2.30. The Labute approximate surface area is 588 Å². The summed E-state index contributed by atoms with van der Waals surface area (Å²) in [6, 6.07) is 0. The fraction of sp³-hybridized carbons (Fsp3) is 0.948.